The molecule has 0 fully saturated rings. The van der Waals surface area contributed by atoms with Gasteiger partial charge in [0.1, 0.15) is 6.26 Å². The number of hydrogen-bond acceptors (Lipinski definition) is 5. The smallest absolute Gasteiger partial charge is 0.337 e. The van der Waals surface area contributed by atoms with Crippen LogP contribution >= 0.6 is 0 Å². The molecule has 148 valence electrons. The number of aryl methyl sites for hydroxylation is 2. The molecule has 0 N–H and O–H groups in total. The second-order valence-corrected chi connectivity index (χ2v) is 7.21. The van der Waals surface area contributed by atoms with Crippen LogP contribution in [0.25, 0.3) is 11.5 Å². The van der Waals surface area contributed by atoms with Gasteiger partial charge in [0.25, 0.3) is 0 Å². The Hall–Kier alpha value is -2.14. The van der Waals surface area contributed by atoms with E-state index in [4.69, 9.17) is 13.9 Å². The van der Waals surface area contributed by atoms with Crippen molar-refractivity contribution in [3.05, 3.63) is 41.8 Å². The molecule has 0 spiro atoms. The van der Waals surface area contributed by atoms with Gasteiger partial charge in [0.05, 0.1) is 12.8 Å². The summed E-state index contributed by atoms with van der Waals surface area (Å²) < 4.78 is 16.0. The van der Waals surface area contributed by atoms with Crippen molar-refractivity contribution in [2.75, 3.05) is 13.7 Å². The first-order valence-electron chi connectivity index (χ1n) is 9.72. The second kappa shape index (κ2) is 10.3. The van der Waals surface area contributed by atoms with E-state index in [1.54, 1.807) is 20.1 Å². The van der Waals surface area contributed by atoms with Crippen molar-refractivity contribution < 1.29 is 18.7 Å². The molecular formula is C22H31NO4. The van der Waals surface area contributed by atoms with Crippen molar-refractivity contribution in [3.63, 3.8) is 0 Å². The Balaban J connectivity index is 1.67. The zero-order valence-electron chi connectivity index (χ0n) is 16.9. The number of esters is 1. The third-order valence-electron chi connectivity index (χ3n) is 4.60. The van der Waals surface area contributed by atoms with Crippen LogP contribution in [0.15, 0.2) is 34.9 Å². The molecule has 2 aromatic rings. The number of oxazole rings is 1. The number of unbranched alkanes of at least 4 members (excludes halogenated alkanes) is 3. The average molecular weight is 373 g/mol. The predicted octanol–water partition coefficient (Wildman–Crippen LogP) is 4.98. The Kier molecular flexibility index (Phi) is 8.04. The van der Waals surface area contributed by atoms with Gasteiger partial charge in [-0.25, -0.2) is 9.78 Å². The lowest BCUT2D eigenvalue weighted by atomic mass is 10.1. The van der Waals surface area contributed by atoms with E-state index in [-0.39, 0.29) is 5.97 Å². The van der Waals surface area contributed by atoms with Crippen LogP contribution in [0, 0.1) is 0 Å². The number of rotatable bonds is 11. The molecule has 0 aliphatic rings. The van der Waals surface area contributed by atoms with E-state index < -0.39 is 5.60 Å². The van der Waals surface area contributed by atoms with Crippen LogP contribution in [-0.2, 0) is 27.1 Å². The molecule has 0 saturated heterocycles. The van der Waals surface area contributed by atoms with E-state index >= 15 is 0 Å². The maximum atomic E-state index is 11.5. The average Bonchev–Trinajstić information content (AvgIpc) is 3.15. The molecular weight excluding hydrogens is 342 g/mol. The van der Waals surface area contributed by atoms with E-state index in [1.165, 1.54) is 12.7 Å². The molecule has 0 atom stereocenters. The molecule has 1 aromatic carbocycles. The first-order valence-corrected chi connectivity index (χ1v) is 9.72. The van der Waals surface area contributed by atoms with Crippen LogP contribution in [0.3, 0.4) is 0 Å². The zero-order valence-corrected chi connectivity index (χ0v) is 16.9. The Morgan fingerprint density at radius 3 is 2.70 bits per heavy atom. The van der Waals surface area contributed by atoms with E-state index in [9.17, 15) is 4.79 Å². The summed E-state index contributed by atoms with van der Waals surface area (Å²) in [6.45, 7) is 6.17. The monoisotopic (exact) mass is 373 g/mol. The van der Waals surface area contributed by atoms with Crippen LogP contribution < -0.4 is 0 Å². The largest absolute Gasteiger partial charge is 0.467 e. The van der Waals surface area contributed by atoms with Gasteiger partial charge in [-0.15, -0.1) is 0 Å². The van der Waals surface area contributed by atoms with Crippen molar-refractivity contribution in [1.29, 1.82) is 0 Å². The molecule has 0 amide bonds. The van der Waals surface area contributed by atoms with Gasteiger partial charge < -0.3 is 13.9 Å². The Labute approximate surface area is 162 Å². The number of ether oxygens (including phenoxy) is 2. The topological polar surface area (TPSA) is 61.6 Å². The summed E-state index contributed by atoms with van der Waals surface area (Å²) in [7, 11) is 1.38. The fourth-order valence-corrected chi connectivity index (χ4v) is 2.87. The standard InChI is InChI=1S/C22H31NO4/c1-5-17-11-10-12-18(15-17)20-23-19(16-26-20)13-8-6-7-9-14-27-22(2,3)21(24)25-4/h10-12,15-16H,5-9,13-14H2,1-4H3. The Morgan fingerprint density at radius 2 is 1.96 bits per heavy atom. The maximum absolute atomic E-state index is 11.5. The van der Waals surface area contributed by atoms with Crippen LogP contribution in [0.1, 0.15) is 57.7 Å². The summed E-state index contributed by atoms with van der Waals surface area (Å²) in [6, 6.07) is 8.32. The van der Waals surface area contributed by atoms with Gasteiger partial charge in [0, 0.05) is 12.2 Å². The number of carbonyl (C=O) groups excluding carboxylic acids is 1. The summed E-state index contributed by atoms with van der Waals surface area (Å²) in [6.07, 6.45) is 7.80. The number of benzene rings is 1. The molecule has 0 radical (unpaired) electrons. The molecule has 0 bridgehead atoms. The first-order chi connectivity index (χ1) is 13.0. The zero-order chi connectivity index (χ0) is 19.7. The lowest BCUT2D eigenvalue weighted by molar-refractivity contribution is -0.165. The Bertz CT molecular complexity index is 721. The highest BCUT2D eigenvalue weighted by molar-refractivity contribution is 5.78. The lowest BCUT2D eigenvalue weighted by Gasteiger charge is -2.22. The highest BCUT2D eigenvalue weighted by Crippen LogP contribution is 2.21. The van der Waals surface area contributed by atoms with Crippen molar-refractivity contribution in [2.24, 2.45) is 0 Å². The van der Waals surface area contributed by atoms with Gasteiger partial charge in [-0.05, 0) is 57.2 Å². The number of nitrogens with zero attached hydrogens (tertiary/aromatic N) is 1. The summed E-state index contributed by atoms with van der Waals surface area (Å²) in [5.41, 5.74) is 2.44. The minimum absolute atomic E-state index is 0.339. The fraction of sp³-hybridized carbons (Fsp3) is 0.545. The number of aromatic nitrogens is 1. The maximum Gasteiger partial charge on any atom is 0.337 e. The molecule has 0 unspecified atom stereocenters. The minimum atomic E-state index is -0.874. The molecule has 5 nitrogen and oxygen atoms in total. The molecule has 0 saturated carbocycles. The van der Waals surface area contributed by atoms with Crippen molar-refractivity contribution in [2.45, 2.75) is 64.9 Å². The third kappa shape index (κ3) is 6.51. The normalized spacial score (nSPS) is 11.6. The molecule has 5 heteroatoms. The van der Waals surface area contributed by atoms with Gasteiger partial charge in [-0.2, -0.15) is 0 Å². The summed E-state index contributed by atoms with van der Waals surface area (Å²) in [5, 5.41) is 0. The quantitative estimate of drug-likeness (QED) is 0.411. The van der Waals surface area contributed by atoms with E-state index in [1.807, 2.05) is 12.1 Å². The van der Waals surface area contributed by atoms with E-state index in [2.05, 4.69) is 24.0 Å². The van der Waals surface area contributed by atoms with Crippen LogP contribution in [0.5, 0.6) is 0 Å². The number of carbonyl (C=O) groups is 1. The number of methoxy groups -OCH3 is 1. The molecule has 1 aromatic heterocycles. The van der Waals surface area contributed by atoms with E-state index in [0.717, 1.165) is 49.8 Å². The van der Waals surface area contributed by atoms with Crippen molar-refractivity contribution in [1.82, 2.24) is 4.98 Å². The predicted molar refractivity (Wildman–Crippen MR) is 106 cm³/mol. The van der Waals surface area contributed by atoms with Gasteiger partial charge in [-0.1, -0.05) is 31.9 Å². The van der Waals surface area contributed by atoms with Gasteiger partial charge in [0.15, 0.2) is 5.60 Å². The van der Waals surface area contributed by atoms with Gasteiger partial charge in [-0.3, -0.25) is 0 Å². The van der Waals surface area contributed by atoms with Crippen LogP contribution in [0.4, 0.5) is 0 Å². The highest BCUT2D eigenvalue weighted by Gasteiger charge is 2.29. The Morgan fingerprint density at radius 1 is 1.19 bits per heavy atom. The second-order valence-electron chi connectivity index (χ2n) is 7.21. The third-order valence-corrected chi connectivity index (χ3v) is 4.60. The molecule has 1 heterocycles. The summed E-state index contributed by atoms with van der Waals surface area (Å²) >= 11 is 0. The van der Waals surface area contributed by atoms with Crippen LogP contribution in [-0.4, -0.2) is 30.3 Å². The highest BCUT2D eigenvalue weighted by atomic mass is 16.6. The summed E-state index contributed by atoms with van der Waals surface area (Å²) in [5.74, 6) is 0.354. The van der Waals surface area contributed by atoms with Crippen molar-refractivity contribution >= 4 is 5.97 Å². The fourth-order valence-electron chi connectivity index (χ4n) is 2.87. The summed E-state index contributed by atoms with van der Waals surface area (Å²) in [4.78, 5) is 16.1. The molecule has 0 aliphatic heterocycles. The van der Waals surface area contributed by atoms with Gasteiger partial charge in [0.2, 0.25) is 5.89 Å². The first kappa shape index (κ1) is 21.2. The number of hydrogen-bond donors (Lipinski definition) is 0. The van der Waals surface area contributed by atoms with Gasteiger partial charge >= 0.3 is 5.97 Å². The van der Waals surface area contributed by atoms with Crippen LogP contribution in [0.2, 0.25) is 0 Å². The SMILES string of the molecule is CCc1cccc(-c2nc(CCCCCCOC(C)(C)C(=O)OC)co2)c1. The van der Waals surface area contributed by atoms with E-state index in [0.29, 0.717) is 12.5 Å². The lowest BCUT2D eigenvalue weighted by Crippen LogP contribution is -2.36. The molecule has 27 heavy (non-hydrogen) atoms. The van der Waals surface area contributed by atoms with Crippen molar-refractivity contribution in [3.8, 4) is 11.5 Å². The molecule has 2 rings (SSSR count). The molecule has 0 aliphatic carbocycles. The minimum Gasteiger partial charge on any atom is -0.467 e.